The lowest BCUT2D eigenvalue weighted by Crippen LogP contribution is -2.39. The number of aromatic nitrogens is 4. The van der Waals surface area contributed by atoms with Crippen LogP contribution in [-0.2, 0) is 14.1 Å². The Morgan fingerprint density at radius 3 is 2.48 bits per heavy atom. The third kappa shape index (κ3) is 2.93. The molecule has 0 saturated carbocycles. The molecule has 2 heterocycles. The van der Waals surface area contributed by atoms with E-state index in [2.05, 4.69) is 10.4 Å². The lowest BCUT2D eigenvalue weighted by Gasteiger charge is -2.14. The minimum atomic E-state index is -0.636. The summed E-state index contributed by atoms with van der Waals surface area (Å²) in [5.41, 5.74) is 3.25. The van der Waals surface area contributed by atoms with Gasteiger partial charge in [-0.15, -0.1) is 0 Å². The summed E-state index contributed by atoms with van der Waals surface area (Å²) < 4.78 is 3.95. The molecule has 1 N–H and O–H groups in total. The van der Waals surface area contributed by atoms with E-state index in [0.717, 1.165) is 27.1 Å². The molecule has 0 aliphatic heterocycles. The van der Waals surface area contributed by atoms with Crippen LogP contribution >= 0.6 is 0 Å². The first-order chi connectivity index (χ1) is 12.8. The van der Waals surface area contributed by atoms with Crippen molar-refractivity contribution in [2.45, 2.75) is 20.8 Å². The van der Waals surface area contributed by atoms with Crippen LogP contribution in [0.3, 0.4) is 0 Å². The molecule has 8 nitrogen and oxygen atoms in total. The molecule has 0 aliphatic carbocycles. The number of benzene rings is 1. The number of nitriles is 1. The molecule has 8 heteroatoms. The number of rotatable bonds is 3. The summed E-state index contributed by atoms with van der Waals surface area (Å²) in [6.07, 6.45) is 1.61. The van der Waals surface area contributed by atoms with Crippen molar-refractivity contribution >= 4 is 11.5 Å². The Hall–Kier alpha value is -3.60. The summed E-state index contributed by atoms with van der Waals surface area (Å²) in [7, 11) is 2.86. The molecule has 138 valence electrons. The van der Waals surface area contributed by atoms with E-state index in [9.17, 15) is 14.9 Å². The second-order valence-corrected chi connectivity index (χ2v) is 6.51. The Kier molecular flexibility index (Phi) is 4.45. The van der Waals surface area contributed by atoms with Gasteiger partial charge < -0.3 is 5.32 Å². The topological polar surface area (TPSA) is 97.6 Å². The van der Waals surface area contributed by atoms with E-state index in [-0.39, 0.29) is 11.4 Å². The summed E-state index contributed by atoms with van der Waals surface area (Å²) in [5, 5.41) is 16.9. The maximum Gasteiger partial charge on any atom is 0.332 e. The summed E-state index contributed by atoms with van der Waals surface area (Å²) >= 11 is 0. The molecule has 0 radical (unpaired) electrons. The molecule has 27 heavy (non-hydrogen) atoms. The fourth-order valence-corrected chi connectivity index (χ4v) is 2.94. The van der Waals surface area contributed by atoms with Crippen LogP contribution in [0, 0.1) is 32.1 Å². The smallest absolute Gasteiger partial charge is 0.332 e. The standard InChI is InChI=1S/C19H20N6O2/c1-11-6-7-12(2)16(8-11)25-13(3)15(10-21-25)22-17-14(9-20)18(26)24(5)19(27)23(17)4/h6-8,10,22H,1-5H3. The van der Waals surface area contributed by atoms with Gasteiger partial charge in [0, 0.05) is 14.1 Å². The fourth-order valence-electron chi connectivity index (χ4n) is 2.94. The molecule has 0 spiro atoms. The van der Waals surface area contributed by atoms with Gasteiger partial charge in [-0.3, -0.25) is 13.9 Å². The fraction of sp³-hybridized carbons (Fsp3) is 0.263. The highest BCUT2D eigenvalue weighted by molar-refractivity contribution is 5.64. The Morgan fingerprint density at radius 2 is 1.81 bits per heavy atom. The number of nitrogens with one attached hydrogen (secondary N) is 1. The SMILES string of the molecule is Cc1ccc(C)c(-n2ncc(Nc3c(C#N)c(=O)n(C)c(=O)n3C)c2C)c1. The molecule has 2 aromatic heterocycles. The molecule has 0 atom stereocenters. The Bertz CT molecular complexity index is 1210. The molecule has 0 bridgehead atoms. The van der Waals surface area contributed by atoms with Gasteiger partial charge in [-0.2, -0.15) is 10.4 Å². The van der Waals surface area contributed by atoms with E-state index in [1.165, 1.54) is 18.7 Å². The predicted molar refractivity (Wildman–Crippen MR) is 103 cm³/mol. The lowest BCUT2D eigenvalue weighted by molar-refractivity contribution is 0.689. The summed E-state index contributed by atoms with van der Waals surface area (Å²) in [5.74, 6) is 0.147. The minimum absolute atomic E-state index is 0.126. The number of anilines is 2. The largest absolute Gasteiger partial charge is 0.337 e. The van der Waals surface area contributed by atoms with Crippen LogP contribution in [-0.4, -0.2) is 18.9 Å². The molecule has 3 rings (SSSR count). The minimum Gasteiger partial charge on any atom is -0.337 e. The third-order valence-corrected chi connectivity index (χ3v) is 4.63. The molecule has 0 fully saturated rings. The average molecular weight is 364 g/mol. The molecule has 3 aromatic rings. The quantitative estimate of drug-likeness (QED) is 0.764. The average Bonchev–Trinajstić information content (AvgIpc) is 3.00. The molecule has 0 aliphatic rings. The second-order valence-electron chi connectivity index (χ2n) is 6.51. The molecule has 0 amide bonds. The van der Waals surface area contributed by atoms with Crippen LogP contribution < -0.4 is 16.6 Å². The lowest BCUT2D eigenvalue weighted by atomic mass is 10.1. The first-order valence-electron chi connectivity index (χ1n) is 8.35. The van der Waals surface area contributed by atoms with Crippen LogP contribution in [0.4, 0.5) is 11.5 Å². The van der Waals surface area contributed by atoms with Crippen LogP contribution in [0.25, 0.3) is 5.69 Å². The zero-order chi connectivity index (χ0) is 19.9. The third-order valence-electron chi connectivity index (χ3n) is 4.63. The Labute approximate surface area is 155 Å². The van der Waals surface area contributed by atoms with Crippen LogP contribution in [0.1, 0.15) is 22.4 Å². The summed E-state index contributed by atoms with van der Waals surface area (Å²) in [6.45, 7) is 5.89. The van der Waals surface area contributed by atoms with Crippen molar-refractivity contribution in [2.24, 2.45) is 14.1 Å². The maximum atomic E-state index is 12.2. The van der Waals surface area contributed by atoms with E-state index in [4.69, 9.17) is 0 Å². The van der Waals surface area contributed by atoms with E-state index in [1.54, 1.807) is 10.9 Å². The molecule has 0 saturated heterocycles. The van der Waals surface area contributed by atoms with Gasteiger partial charge in [-0.1, -0.05) is 12.1 Å². The van der Waals surface area contributed by atoms with Crippen molar-refractivity contribution < 1.29 is 0 Å². The van der Waals surface area contributed by atoms with Crippen LogP contribution in [0.15, 0.2) is 34.0 Å². The van der Waals surface area contributed by atoms with Gasteiger partial charge in [0.05, 0.1) is 23.3 Å². The Balaban J connectivity index is 2.14. The van der Waals surface area contributed by atoms with Crippen molar-refractivity contribution in [3.8, 4) is 11.8 Å². The Morgan fingerprint density at radius 1 is 1.11 bits per heavy atom. The number of hydrogen-bond donors (Lipinski definition) is 1. The molecular formula is C19H20N6O2. The van der Waals surface area contributed by atoms with Gasteiger partial charge in [-0.25, -0.2) is 9.48 Å². The van der Waals surface area contributed by atoms with Crippen LogP contribution in [0.5, 0.6) is 0 Å². The first kappa shape index (κ1) is 18.2. The van der Waals surface area contributed by atoms with Gasteiger partial charge >= 0.3 is 5.69 Å². The maximum absolute atomic E-state index is 12.2. The number of nitrogens with zero attached hydrogens (tertiary/aromatic N) is 5. The van der Waals surface area contributed by atoms with Crippen molar-refractivity contribution in [2.75, 3.05) is 5.32 Å². The zero-order valence-electron chi connectivity index (χ0n) is 15.9. The number of aryl methyl sites for hydroxylation is 2. The molecule has 0 unspecified atom stereocenters. The number of hydrogen-bond acceptors (Lipinski definition) is 5. The predicted octanol–water partition coefficient (Wildman–Crippen LogP) is 1.81. The van der Waals surface area contributed by atoms with Gasteiger partial charge in [0.2, 0.25) is 0 Å². The summed E-state index contributed by atoms with van der Waals surface area (Å²) in [6, 6.07) is 7.98. The van der Waals surface area contributed by atoms with E-state index < -0.39 is 11.2 Å². The van der Waals surface area contributed by atoms with Crippen molar-refractivity contribution in [3.63, 3.8) is 0 Å². The first-order valence-corrected chi connectivity index (χ1v) is 8.35. The monoisotopic (exact) mass is 364 g/mol. The van der Waals surface area contributed by atoms with E-state index >= 15 is 0 Å². The van der Waals surface area contributed by atoms with Gasteiger partial charge in [0.15, 0.2) is 5.56 Å². The zero-order valence-corrected chi connectivity index (χ0v) is 15.9. The van der Waals surface area contributed by atoms with E-state index in [0.29, 0.717) is 5.69 Å². The second kappa shape index (κ2) is 6.61. The normalized spacial score (nSPS) is 10.7. The van der Waals surface area contributed by atoms with Gasteiger partial charge in [-0.05, 0) is 38.0 Å². The van der Waals surface area contributed by atoms with Crippen molar-refractivity contribution in [1.82, 2.24) is 18.9 Å². The highest BCUT2D eigenvalue weighted by Crippen LogP contribution is 2.24. The van der Waals surface area contributed by atoms with E-state index in [1.807, 2.05) is 45.0 Å². The van der Waals surface area contributed by atoms with Crippen molar-refractivity contribution in [3.05, 3.63) is 67.6 Å². The molecular weight excluding hydrogens is 344 g/mol. The summed E-state index contributed by atoms with van der Waals surface area (Å²) in [4.78, 5) is 24.5. The highest BCUT2D eigenvalue weighted by atomic mass is 16.2. The highest BCUT2D eigenvalue weighted by Gasteiger charge is 2.18. The molecule has 1 aromatic carbocycles. The van der Waals surface area contributed by atoms with Crippen molar-refractivity contribution in [1.29, 1.82) is 5.26 Å². The van der Waals surface area contributed by atoms with Crippen LogP contribution in [0.2, 0.25) is 0 Å². The van der Waals surface area contributed by atoms with Gasteiger partial charge in [0.25, 0.3) is 5.56 Å². The van der Waals surface area contributed by atoms with Gasteiger partial charge in [0.1, 0.15) is 11.9 Å².